The van der Waals surface area contributed by atoms with Gasteiger partial charge in [0.1, 0.15) is 11.6 Å². The molecule has 4 aromatic rings. The molecule has 0 saturated carbocycles. The molecule has 4 rings (SSSR count). The van der Waals surface area contributed by atoms with Crippen molar-refractivity contribution in [3.05, 3.63) is 53.3 Å². The zero-order chi connectivity index (χ0) is 21.5. The monoisotopic (exact) mass is 436 g/mol. The highest BCUT2D eigenvalue weighted by Crippen LogP contribution is 2.35. The third-order valence-electron chi connectivity index (χ3n) is 4.59. The lowest BCUT2D eigenvalue weighted by Gasteiger charge is -2.12. The molecule has 7 nitrogen and oxygen atoms in total. The van der Waals surface area contributed by atoms with Crippen molar-refractivity contribution >= 4 is 22.6 Å². The summed E-state index contributed by atoms with van der Waals surface area (Å²) < 4.78 is 47.9. The van der Waals surface area contributed by atoms with Crippen molar-refractivity contribution in [2.75, 3.05) is 7.11 Å². The van der Waals surface area contributed by atoms with Crippen molar-refractivity contribution in [1.82, 2.24) is 29.3 Å². The summed E-state index contributed by atoms with van der Waals surface area (Å²) in [7, 11) is 1.46. The highest BCUT2D eigenvalue weighted by molar-refractivity contribution is 6.28. The smallest absolute Gasteiger partial charge is 0.434 e. The molecule has 0 N–H and O–H groups in total. The van der Waals surface area contributed by atoms with Crippen LogP contribution in [-0.4, -0.2) is 36.4 Å². The van der Waals surface area contributed by atoms with Crippen molar-refractivity contribution in [2.24, 2.45) is 0 Å². The molecule has 0 amide bonds. The summed E-state index contributed by atoms with van der Waals surface area (Å²) in [6.07, 6.45) is -0.302. The number of ether oxygens (including phenoxy) is 1. The van der Waals surface area contributed by atoms with Crippen LogP contribution in [0.15, 0.2) is 36.8 Å². The largest absolute Gasteiger partial charge is 0.496 e. The zero-order valence-corrected chi connectivity index (χ0v) is 16.7. The molecule has 0 unspecified atom stereocenters. The molecule has 0 aliphatic carbocycles. The van der Waals surface area contributed by atoms with E-state index in [4.69, 9.17) is 16.3 Å². The normalized spacial score (nSPS) is 11.9. The van der Waals surface area contributed by atoms with Gasteiger partial charge in [0.05, 0.1) is 30.8 Å². The Bertz CT molecular complexity index is 1220. The summed E-state index contributed by atoms with van der Waals surface area (Å²) in [6, 6.07) is 5.22. The van der Waals surface area contributed by atoms with Crippen molar-refractivity contribution < 1.29 is 17.9 Å². The Hall–Kier alpha value is -3.14. The highest BCUT2D eigenvalue weighted by Gasteiger charge is 2.35. The van der Waals surface area contributed by atoms with E-state index in [1.54, 1.807) is 42.2 Å². The van der Waals surface area contributed by atoms with Crippen molar-refractivity contribution in [2.45, 2.75) is 26.2 Å². The van der Waals surface area contributed by atoms with Gasteiger partial charge in [-0.25, -0.2) is 14.6 Å². The van der Waals surface area contributed by atoms with E-state index in [9.17, 15) is 13.2 Å². The first-order valence-corrected chi connectivity index (χ1v) is 9.33. The van der Waals surface area contributed by atoms with Crippen LogP contribution in [-0.2, 0) is 19.3 Å². The molecule has 3 aromatic heterocycles. The predicted octanol–water partition coefficient (Wildman–Crippen LogP) is 4.44. The summed E-state index contributed by atoms with van der Waals surface area (Å²) in [5, 5.41) is 5.16. The first-order valence-electron chi connectivity index (χ1n) is 8.96. The highest BCUT2D eigenvalue weighted by atomic mass is 35.5. The second kappa shape index (κ2) is 7.60. The number of aryl methyl sites for hydroxylation is 1. The number of hydrogen-bond acceptors (Lipinski definition) is 5. The van der Waals surface area contributed by atoms with Crippen LogP contribution in [0.4, 0.5) is 13.2 Å². The summed E-state index contributed by atoms with van der Waals surface area (Å²) in [4.78, 5) is 11.9. The summed E-state index contributed by atoms with van der Waals surface area (Å²) in [5.74, 6) is 0.600. The second-order valence-corrected chi connectivity index (χ2v) is 6.83. The summed E-state index contributed by atoms with van der Waals surface area (Å²) in [5.41, 5.74) is 0.926. The number of nitrogens with zero attached hydrogens (tertiary/aromatic N) is 6. The minimum Gasteiger partial charge on any atom is -0.496 e. The number of alkyl halides is 3. The van der Waals surface area contributed by atoms with Gasteiger partial charge in [-0.3, -0.25) is 0 Å². The van der Waals surface area contributed by atoms with E-state index in [0.29, 0.717) is 30.0 Å². The Balaban J connectivity index is 1.72. The van der Waals surface area contributed by atoms with Crippen molar-refractivity contribution in [3.63, 3.8) is 0 Å². The fraction of sp³-hybridized carbons (Fsp3) is 0.263. The number of halogens is 4. The van der Waals surface area contributed by atoms with Crippen molar-refractivity contribution in [1.29, 1.82) is 0 Å². The lowest BCUT2D eigenvalue weighted by Crippen LogP contribution is -2.05. The van der Waals surface area contributed by atoms with Crippen LogP contribution in [0.5, 0.6) is 5.75 Å². The van der Waals surface area contributed by atoms with Gasteiger partial charge < -0.3 is 9.30 Å². The minimum absolute atomic E-state index is 0.115. The molecule has 0 radical (unpaired) electrons. The van der Waals surface area contributed by atoms with Crippen LogP contribution >= 0.6 is 11.6 Å². The molecule has 11 heteroatoms. The lowest BCUT2D eigenvalue weighted by atomic mass is 10.1. The summed E-state index contributed by atoms with van der Waals surface area (Å²) >= 11 is 5.88. The fourth-order valence-corrected chi connectivity index (χ4v) is 3.29. The molecular formula is C19H16ClF3N6O. The SMILES string of the molecule is CCn1cc(C(F)(F)F)nc1-c1ccc(Cn2ncc3cnc(Cl)nc32)cc1OC. The number of imidazole rings is 1. The molecule has 0 fully saturated rings. The molecule has 156 valence electrons. The first kappa shape index (κ1) is 20.1. The van der Waals surface area contributed by atoms with E-state index < -0.39 is 11.9 Å². The molecule has 0 atom stereocenters. The minimum atomic E-state index is -4.52. The lowest BCUT2D eigenvalue weighted by molar-refractivity contribution is -0.140. The number of hydrogen-bond donors (Lipinski definition) is 0. The third kappa shape index (κ3) is 3.70. The fourth-order valence-electron chi connectivity index (χ4n) is 3.16. The molecular weight excluding hydrogens is 421 g/mol. The third-order valence-corrected chi connectivity index (χ3v) is 4.78. The first-order chi connectivity index (χ1) is 14.3. The topological polar surface area (TPSA) is 70.7 Å². The van der Waals surface area contributed by atoms with Gasteiger partial charge in [0.15, 0.2) is 11.3 Å². The maximum Gasteiger partial charge on any atom is 0.434 e. The maximum absolute atomic E-state index is 13.1. The number of aromatic nitrogens is 6. The Morgan fingerprint density at radius 1 is 1.17 bits per heavy atom. The molecule has 30 heavy (non-hydrogen) atoms. The average molecular weight is 437 g/mol. The van der Waals surface area contributed by atoms with Gasteiger partial charge >= 0.3 is 6.18 Å². The van der Waals surface area contributed by atoms with Crippen LogP contribution < -0.4 is 4.74 Å². The van der Waals surface area contributed by atoms with E-state index in [2.05, 4.69) is 20.1 Å². The Morgan fingerprint density at radius 3 is 2.67 bits per heavy atom. The van der Waals surface area contributed by atoms with Crippen LogP contribution in [0.25, 0.3) is 22.4 Å². The van der Waals surface area contributed by atoms with Gasteiger partial charge in [-0.2, -0.15) is 23.3 Å². The number of benzene rings is 1. The standard InChI is InChI=1S/C19H16ClF3N6O/c1-3-28-10-15(19(21,22)23)26-17(28)13-5-4-11(6-14(13)30-2)9-29-16-12(8-25-29)7-24-18(20)27-16/h4-8,10H,3,9H2,1-2H3. The molecule has 0 saturated heterocycles. The molecule has 0 spiro atoms. The molecule has 0 aliphatic heterocycles. The summed E-state index contributed by atoms with van der Waals surface area (Å²) in [6.45, 7) is 2.45. The van der Waals surface area contributed by atoms with E-state index in [1.165, 1.54) is 11.7 Å². The van der Waals surface area contributed by atoms with Gasteiger partial charge in [-0.15, -0.1) is 0 Å². The zero-order valence-electron chi connectivity index (χ0n) is 16.0. The Kier molecular flexibility index (Phi) is 5.10. The van der Waals surface area contributed by atoms with Gasteiger partial charge in [-0.05, 0) is 36.2 Å². The Morgan fingerprint density at radius 2 is 1.97 bits per heavy atom. The van der Waals surface area contributed by atoms with Gasteiger partial charge in [0, 0.05) is 18.9 Å². The van der Waals surface area contributed by atoms with Gasteiger partial charge in [-0.1, -0.05) is 6.07 Å². The van der Waals surface area contributed by atoms with E-state index >= 15 is 0 Å². The quantitative estimate of drug-likeness (QED) is 0.432. The molecule has 1 aromatic carbocycles. The van der Waals surface area contributed by atoms with Crippen LogP contribution in [0.1, 0.15) is 18.2 Å². The van der Waals surface area contributed by atoms with Crippen LogP contribution in [0, 0.1) is 0 Å². The Labute approximate surface area is 174 Å². The van der Waals surface area contributed by atoms with Crippen molar-refractivity contribution in [3.8, 4) is 17.1 Å². The number of methoxy groups -OCH3 is 1. The van der Waals surface area contributed by atoms with Crippen LogP contribution in [0.3, 0.4) is 0 Å². The number of rotatable bonds is 5. The van der Waals surface area contributed by atoms with Gasteiger partial charge in [0.2, 0.25) is 5.28 Å². The maximum atomic E-state index is 13.1. The molecule has 0 bridgehead atoms. The molecule has 0 aliphatic rings. The number of fused-ring (bicyclic) bond motifs is 1. The van der Waals surface area contributed by atoms with E-state index in [0.717, 1.165) is 17.1 Å². The van der Waals surface area contributed by atoms with E-state index in [1.807, 2.05) is 0 Å². The predicted molar refractivity (Wildman–Crippen MR) is 104 cm³/mol. The van der Waals surface area contributed by atoms with Gasteiger partial charge in [0.25, 0.3) is 0 Å². The average Bonchev–Trinajstić information content (AvgIpc) is 3.32. The molecule has 3 heterocycles. The second-order valence-electron chi connectivity index (χ2n) is 6.49. The van der Waals surface area contributed by atoms with E-state index in [-0.39, 0.29) is 11.1 Å². The van der Waals surface area contributed by atoms with Crippen LogP contribution in [0.2, 0.25) is 5.28 Å².